The first-order chi connectivity index (χ1) is 15.4. The Morgan fingerprint density at radius 1 is 1.06 bits per heavy atom. The molecule has 9 nitrogen and oxygen atoms in total. The van der Waals surface area contributed by atoms with Gasteiger partial charge in [0.15, 0.2) is 0 Å². The number of nitro benzene ring substituents is 1. The van der Waals surface area contributed by atoms with Crippen molar-refractivity contribution >= 4 is 28.9 Å². The molecule has 0 spiro atoms. The van der Waals surface area contributed by atoms with E-state index in [1.807, 2.05) is 18.9 Å². The van der Waals surface area contributed by atoms with Gasteiger partial charge in [-0.2, -0.15) is 0 Å². The first kappa shape index (κ1) is 23.2. The van der Waals surface area contributed by atoms with Crippen LogP contribution in [0, 0.1) is 10.1 Å². The number of nitro groups is 1. The number of carbonyl (C=O) groups is 2. The van der Waals surface area contributed by atoms with Crippen molar-refractivity contribution in [3.05, 3.63) is 63.7 Å². The largest absolute Gasteiger partial charge is 0.462 e. The van der Waals surface area contributed by atoms with E-state index < -0.39 is 16.8 Å². The topological polar surface area (TPSA) is 105 Å². The van der Waals surface area contributed by atoms with Gasteiger partial charge in [-0.05, 0) is 49.9 Å². The molecule has 0 radical (unpaired) electrons. The summed E-state index contributed by atoms with van der Waals surface area (Å²) in [6.07, 6.45) is 1.74. The number of amides is 1. The van der Waals surface area contributed by atoms with E-state index in [9.17, 15) is 19.7 Å². The van der Waals surface area contributed by atoms with Crippen LogP contribution in [0.1, 0.15) is 40.5 Å². The molecular formula is C23H28N4O5. The van der Waals surface area contributed by atoms with Crippen molar-refractivity contribution in [3.63, 3.8) is 0 Å². The summed E-state index contributed by atoms with van der Waals surface area (Å²) < 4.78 is 5.16. The van der Waals surface area contributed by atoms with Crippen molar-refractivity contribution < 1.29 is 19.2 Å². The molecular weight excluding hydrogens is 412 g/mol. The number of benzene rings is 2. The number of rotatable bonds is 8. The third-order valence-electron chi connectivity index (χ3n) is 5.39. The molecule has 0 saturated carbocycles. The van der Waals surface area contributed by atoms with E-state index >= 15 is 0 Å². The Morgan fingerprint density at radius 2 is 1.72 bits per heavy atom. The SMILES string of the molecule is CCCCOC(=O)c1ccc(NC(=O)c2ccc(N3CCN(C)CC3)c([N+](=O)[O-])c2)cc1. The number of likely N-dealkylation sites (N-methyl/N-ethyl adjacent to an activating group) is 1. The third-order valence-corrected chi connectivity index (χ3v) is 5.39. The van der Waals surface area contributed by atoms with Crippen LogP contribution in [-0.2, 0) is 4.74 Å². The van der Waals surface area contributed by atoms with Gasteiger partial charge in [0.05, 0.1) is 17.1 Å². The first-order valence-corrected chi connectivity index (χ1v) is 10.7. The molecule has 2 aromatic carbocycles. The van der Waals surface area contributed by atoms with Crippen molar-refractivity contribution in [2.75, 3.05) is 50.1 Å². The van der Waals surface area contributed by atoms with E-state index in [4.69, 9.17) is 4.74 Å². The fourth-order valence-corrected chi connectivity index (χ4v) is 3.41. The fraction of sp³-hybridized carbons (Fsp3) is 0.391. The van der Waals surface area contributed by atoms with Crippen LogP contribution in [0.2, 0.25) is 0 Å². The lowest BCUT2D eigenvalue weighted by Gasteiger charge is -2.33. The molecule has 0 unspecified atom stereocenters. The van der Waals surface area contributed by atoms with Gasteiger partial charge >= 0.3 is 5.97 Å². The fourth-order valence-electron chi connectivity index (χ4n) is 3.41. The summed E-state index contributed by atoms with van der Waals surface area (Å²) in [4.78, 5) is 40.0. The van der Waals surface area contributed by atoms with E-state index in [0.717, 1.165) is 25.9 Å². The standard InChI is InChI=1S/C23H28N4O5/c1-3-4-15-32-23(29)17-5-8-19(9-6-17)24-22(28)18-7-10-20(21(16-18)27(30)31)26-13-11-25(2)12-14-26/h5-10,16H,3-4,11-15H2,1-2H3,(H,24,28). The van der Waals surface area contributed by atoms with Crippen molar-refractivity contribution in [2.24, 2.45) is 0 Å². The third kappa shape index (κ3) is 5.82. The molecule has 170 valence electrons. The zero-order valence-corrected chi connectivity index (χ0v) is 18.4. The summed E-state index contributed by atoms with van der Waals surface area (Å²) in [5, 5.41) is 14.4. The number of anilines is 2. The molecule has 9 heteroatoms. The van der Waals surface area contributed by atoms with Crippen molar-refractivity contribution in [1.29, 1.82) is 0 Å². The minimum absolute atomic E-state index is 0.0904. The van der Waals surface area contributed by atoms with E-state index in [1.165, 1.54) is 6.07 Å². The second-order valence-electron chi connectivity index (χ2n) is 7.77. The van der Waals surface area contributed by atoms with Gasteiger partial charge in [0, 0.05) is 43.5 Å². The summed E-state index contributed by atoms with van der Waals surface area (Å²) in [5.74, 6) is -0.872. The highest BCUT2D eigenvalue weighted by Crippen LogP contribution is 2.30. The number of ether oxygens (including phenoxy) is 1. The molecule has 1 aliphatic rings. The van der Waals surface area contributed by atoms with Crippen LogP contribution in [0.3, 0.4) is 0 Å². The molecule has 3 rings (SSSR count). The Hall–Kier alpha value is -3.46. The van der Waals surface area contributed by atoms with Gasteiger partial charge in [-0.15, -0.1) is 0 Å². The van der Waals surface area contributed by atoms with Crippen LogP contribution in [0.5, 0.6) is 0 Å². The molecule has 0 aliphatic carbocycles. The number of hydrogen-bond acceptors (Lipinski definition) is 7. The Labute approximate surface area is 187 Å². The number of esters is 1. The van der Waals surface area contributed by atoms with Gasteiger partial charge in [-0.25, -0.2) is 4.79 Å². The molecule has 1 heterocycles. The second-order valence-corrected chi connectivity index (χ2v) is 7.77. The number of unbranched alkanes of at least 4 members (excludes halogenated alkanes) is 1. The smallest absolute Gasteiger partial charge is 0.338 e. The zero-order valence-electron chi connectivity index (χ0n) is 18.4. The van der Waals surface area contributed by atoms with E-state index in [2.05, 4.69) is 10.2 Å². The normalized spacial score (nSPS) is 14.1. The molecule has 0 aromatic heterocycles. The molecule has 0 atom stereocenters. The Bertz CT molecular complexity index is 969. The van der Waals surface area contributed by atoms with Crippen LogP contribution in [-0.4, -0.2) is 61.5 Å². The molecule has 1 fully saturated rings. The number of piperazine rings is 1. The van der Waals surface area contributed by atoms with Gasteiger partial charge < -0.3 is 19.9 Å². The van der Waals surface area contributed by atoms with Gasteiger partial charge in [0.2, 0.25) is 0 Å². The van der Waals surface area contributed by atoms with Crippen molar-refractivity contribution in [3.8, 4) is 0 Å². The molecule has 1 N–H and O–H groups in total. The van der Waals surface area contributed by atoms with E-state index in [-0.39, 0.29) is 11.3 Å². The maximum absolute atomic E-state index is 12.7. The Kier molecular flexibility index (Phi) is 7.77. The lowest BCUT2D eigenvalue weighted by Crippen LogP contribution is -2.44. The minimum atomic E-state index is -0.462. The molecule has 2 aromatic rings. The monoisotopic (exact) mass is 440 g/mol. The highest BCUT2D eigenvalue weighted by Gasteiger charge is 2.24. The predicted octanol–water partition coefficient (Wildman–Crippen LogP) is 3.56. The summed E-state index contributed by atoms with van der Waals surface area (Å²) in [7, 11) is 2.01. The number of nitrogens with zero attached hydrogens (tertiary/aromatic N) is 3. The molecule has 32 heavy (non-hydrogen) atoms. The van der Waals surface area contributed by atoms with Crippen LogP contribution >= 0.6 is 0 Å². The van der Waals surface area contributed by atoms with Crippen LogP contribution in [0.15, 0.2) is 42.5 Å². The second kappa shape index (κ2) is 10.7. The Morgan fingerprint density at radius 3 is 2.34 bits per heavy atom. The molecule has 1 saturated heterocycles. The lowest BCUT2D eigenvalue weighted by molar-refractivity contribution is -0.384. The summed E-state index contributed by atoms with van der Waals surface area (Å²) >= 11 is 0. The maximum atomic E-state index is 12.7. The van der Waals surface area contributed by atoms with Crippen molar-refractivity contribution in [2.45, 2.75) is 19.8 Å². The highest BCUT2D eigenvalue weighted by atomic mass is 16.6. The van der Waals surface area contributed by atoms with Crippen LogP contribution in [0.25, 0.3) is 0 Å². The van der Waals surface area contributed by atoms with Gasteiger partial charge in [-0.3, -0.25) is 14.9 Å². The van der Waals surface area contributed by atoms with Crippen LogP contribution in [0.4, 0.5) is 17.1 Å². The van der Waals surface area contributed by atoms with Gasteiger partial charge in [0.25, 0.3) is 11.6 Å². The number of nitrogens with one attached hydrogen (secondary N) is 1. The van der Waals surface area contributed by atoms with Gasteiger partial charge in [-0.1, -0.05) is 13.3 Å². The summed E-state index contributed by atoms with van der Waals surface area (Å²) in [6, 6.07) is 10.9. The quantitative estimate of drug-likeness (QED) is 0.290. The first-order valence-electron chi connectivity index (χ1n) is 10.7. The Balaban J connectivity index is 1.69. The van der Waals surface area contributed by atoms with E-state index in [0.29, 0.717) is 36.6 Å². The average molecular weight is 441 g/mol. The minimum Gasteiger partial charge on any atom is -0.462 e. The summed E-state index contributed by atoms with van der Waals surface area (Å²) in [6.45, 7) is 5.41. The van der Waals surface area contributed by atoms with Crippen LogP contribution < -0.4 is 10.2 Å². The molecule has 1 amide bonds. The predicted molar refractivity (Wildman–Crippen MR) is 122 cm³/mol. The average Bonchev–Trinajstić information content (AvgIpc) is 2.79. The highest BCUT2D eigenvalue weighted by molar-refractivity contribution is 6.05. The maximum Gasteiger partial charge on any atom is 0.338 e. The molecule has 0 bridgehead atoms. The van der Waals surface area contributed by atoms with Crippen molar-refractivity contribution in [1.82, 2.24) is 4.90 Å². The van der Waals surface area contributed by atoms with E-state index in [1.54, 1.807) is 36.4 Å². The van der Waals surface area contributed by atoms with Gasteiger partial charge in [0.1, 0.15) is 5.69 Å². The lowest BCUT2D eigenvalue weighted by atomic mass is 10.1. The molecule has 1 aliphatic heterocycles. The zero-order chi connectivity index (χ0) is 23.1. The number of hydrogen-bond donors (Lipinski definition) is 1. The summed E-state index contributed by atoms with van der Waals surface area (Å²) in [5.41, 5.74) is 1.49. The number of carbonyl (C=O) groups excluding carboxylic acids is 2.